The van der Waals surface area contributed by atoms with Crippen LogP contribution in [0, 0.1) is 13.8 Å². The minimum absolute atomic E-state index is 0.0800. The van der Waals surface area contributed by atoms with Crippen LogP contribution in [0.3, 0.4) is 0 Å². The molecular formula is C18H28N4O2. The van der Waals surface area contributed by atoms with Crippen molar-refractivity contribution in [3.8, 4) is 0 Å². The number of carbonyl (C=O) groups is 1. The van der Waals surface area contributed by atoms with E-state index < -0.39 is 0 Å². The van der Waals surface area contributed by atoms with Gasteiger partial charge in [0.1, 0.15) is 5.82 Å². The zero-order chi connectivity index (χ0) is 17.1. The summed E-state index contributed by atoms with van der Waals surface area (Å²) in [5.41, 5.74) is 1.29. The van der Waals surface area contributed by atoms with Crippen LogP contribution < -0.4 is 5.32 Å². The first-order chi connectivity index (χ1) is 11.5. The van der Waals surface area contributed by atoms with Crippen LogP contribution in [0.25, 0.3) is 0 Å². The first-order valence-corrected chi connectivity index (χ1v) is 9.08. The van der Waals surface area contributed by atoms with Crippen LogP contribution in [-0.4, -0.2) is 57.2 Å². The Morgan fingerprint density at radius 3 is 2.58 bits per heavy atom. The van der Waals surface area contributed by atoms with Crippen molar-refractivity contribution in [2.24, 2.45) is 0 Å². The van der Waals surface area contributed by atoms with Gasteiger partial charge in [-0.05, 0) is 39.5 Å². The lowest BCUT2D eigenvalue weighted by atomic mass is 9.89. The number of likely N-dealkylation sites (tertiary alicyclic amines) is 1. The summed E-state index contributed by atoms with van der Waals surface area (Å²) in [5.74, 6) is 0.604. The number of nitrogens with one attached hydrogen (secondary N) is 1. The molecule has 2 heterocycles. The average Bonchev–Trinajstić information content (AvgIpc) is 2.56. The molecule has 2 fully saturated rings. The van der Waals surface area contributed by atoms with Crippen molar-refractivity contribution in [1.29, 1.82) is 0 Å². The summed E-state index contributed by atoms with van der Waals surface area (Å²) >= 11 is 0. The molecule has 1 saturated carbocycles. The Morgan fingerprint density at radius 2 is 1.92 bits per heavy atom. The highest BCUT2D eigenvalue weighted by Crippen LogP contribution is 2.26. The molecule has 0 aromatic carbocycles. The Hall–Kier alpha value is -1.53. The number of piperidine rings is 1. The standard InChI is InChI=1S/C18H28N4O2/c1-12-15(11-19-13(2)20-12)18(24)21-14-7-9-22(10-8-14)16-5-3-4-6-17(16)23/h11,14,16-17,23H,3-10H2,1-2H3,(H,21,24). The van der Waals surface area contributed by atoms with Crippen LogP contribution in [0.1, 0.15) is 60.4 Å². The molecule has 24 heavy (non-hydrogen) atoms. The Morgan fingerprint density at radius 1 is 1.21 bits per heavy atom. The van der Waals surface area contributed by atoms with Crippen LogP contribution in [0.4, 0.5) is 0 Å². The second-order valence-corrected chi connectivity index (χ2v) is 7.12. The van der Waals surface area contributed by atoms with Crippen molar-refractivity contribution in [2.75, 3.05) is 13.1 Å². The largest absolute Gasteiger partial charge is 0.391 e. The van der Waals surface area contributed by atoms with Gasteiger partial charge in [0.25, 0.3) is 5.91 Å². The quantitative estimate of drug-likeness (QED) is 0.879. The van der Waals surface area contributed by atoms with Crippen molar-refractivity contribution >= 4 is 5.91 Å². The monoisotopic (exact) mass is 332 g/mol. The predicted octanol–water partition coefficient (Wildman–Crippen LogP) is 1.59. The molecular weight excluding hydrogens is 304 g/mol. The SMILES string of the molecule is Cc1ncc(C(=O)NC2CCN(C3CCCCC3O)CC2)c(C)n1. The van der Waals surface area contributed by atoms with E-state index in [-0.39, 0.29) is 18.1 Å². The van der Waals surface area contributed by atoms with Gasteiger partial charge in [0.2, 0.25) is 0 Å². The van der Waals surface area contributed by atoms with Gasteiger partial charge in [-0.3, -0.25) is 9.69 Å². The first-order valence-electron chi connectivity index (χ1n) is 9.08. The van der Waals surface area contributed by atoms with Gasteiger partial charge in [0, 0.05) is 31.4 Å². The third-order valence-electron chi connectivity index (χ3n) is 5.37. The maximum atomic E-state index is 12.4. The van der Waals surface area contributed by atoms with E-state index >= 15 is 0 Å². The zero-order valence-electron chi connectivity index (χ0n) is 14.7. The maximum Gasteiger partial charge on any atom is 0.254 e. The van der Waals surface area contributed by atoms with E-state index in [2.05, 4.69) is 20.2 Å². The first kappa shape index (κ1) is 17.3. The summed E-state index contributed by atoms with van der Waals surface area (Å²) in [7, 11) is 0. The van der Waals surface area contributed by atoms with Gasteiger partial charge in [0.15, 0.2) is 0 Å². The molecule has 1 aromatic heterocycles. The molecule has 1 aliphatic carbocycles. The van der Waals surface area contributed by atoms with Crippen molar-refractivity contribution in [3.05, 3.63) is 23.3 Å². The molecule has 2 unspecified atom stereocenters. The number of hydrogen-bond donors (Lipinski definition) is 2. The van der Waals surface area contributed by atoms with Crippen LogP contribution in [0.15, 0.2) is 6.20 Å². The van der Waals surface area contributed by atoms with E-state index in [0.29, 0.717) is 17.4 Å². The number of amides is 1. The number of aryl methyl sites for hydroxylation is 2. The lowest BCUT2D eigenvalue weighted by molar-refractivity contribution is 0.00727. The van der Waals surface area contributed by atoms with Crippen LogP contribution in [0.2, 0.25) is 0 Å². The number of carbonyl (C=O) groups excluding carboxylic acids is 1. The predicted molar refractivity (Wildman–Crippen MR) is 91.8 cm³/mol. The molecule has 1 amide bonds. The van der Waals surface area contributed by atoms with Gasteiger partial charge in [0.05, 0.1) is 17.4 Å². The minimum atomic E-state index is -0.183. The summed E-state index contributed by atoms with van der Waals surface area (Å²) in [6.45, 7) is 5.55. The normalized spacial score (nSPS) is 26.3. The molecule has 2 N–H and O–H groups in total. The Bertz CT molecular complexity index is 584. The Kier molecular flexibility index (Phi) is 5.46. The molecule has 1 saturated heterocycles. The molecule has 2 aliphatic rings. The number of aliphatic hydroxyl groups is 1. The van der Waals surface area contributed by atoms with Gasteiger partial charge >= 0.3 is 0 Å². The maximum absolute atomic E-state index is 12.4. The number of aliphatic hydroxyl groups excluding tert-OH is 1. The van der Waals surface area contributed by atoms with Gasteiger partial charge in [-0.2, -0.15) is 0 Å². The highest BCUT2D eigenvalue weighted by Gasteiger charge is 2.31. The zero-order valence-corrected chi connectivity index (χ0v) is 14.7. The van der Waals surface area contributed by atoms with Crippen LogP contribution in [0.5, 0.6) is 0 Å². The Labute approximate surface area is 143 Å². The van der Waals surface area contributed by atoms with E-state index in [1.54, 1.807) is 6.20 Å². The summed E-state index contributed by atoms with van der Waals surface area (Å²) in [5, 5.41) is 13.3. The number of nitrogens with zero attached hydrogens (tertiary/aromatic N) is 3. The molecule has 0 bridgehead atoms. The topological polar surface area (TPSA) is 78.4 Å². The Balaban J connectivity index is 1.52. The molecule has 6 nitrogen and oxygen atoms in total. The molecule has 6 heteroatoms. The van der Waals surface area contributed by atoms with Crippen molar-refractivity contribution in [1.82, 2.24) is 20.2 Å². The molecule has 0 spiro atoms. The van der Waals surface area contributed by atoms with Crippen molar-refractivity contribution in [3.63, 3.8) is 0 Å². The fraction of sp³-hybridized carbons (Fsp3) is 0.722. The van der Waals surface area contributed by atoms with E-state index in [4.69, 9.17) is 0 Å². The van der Waals surface area contributed by atoms with Gasteiger partial charge in [-0.25, -0.2) is 9.97 Å². The molecule has 3 rings (SSSR count). The molecule has 1 aliphatic heterocycles. The third-order valence-corrected chi connectivity index (χ3v) is 5.37. The van der Waals surface area contributed by atoms with Gasteiger partial charge in [-0.15, -0.1) is 0 Å². The summed E-state index contributed by atoms with van der Waals surface area (Å²) in [4.78, 5) is 23.2. The molecule has 1 aromatic rings. The molecule has 0 radical (unpaired) electrons. The summed E-state index contributed by atoms with van der Waals surface area (Å²) in [6, 6.07) is 0.498. The van der Waals surface area contributed by atoms with Gasteiger partial charge < -0.3 is 10.4 Å². The second-order valence-electron chi connectivity index (χ2n) is 7.12. The van der Waals surface area contributed by atoms with E-state index in [1.807, 2.05) is 13.8 Å². The van der Waals surface area contributed by atoms with Crippen molar-refractivity contribution < 1.29 is 9.90 Å². The fourth-order valence-electron chi connectivity index (χ4n) is 3.96. The lowest BCUT2D eigenvalue weighted by Crippen LogP contribution is -2.52. The number of aromatic nitrogens is 2. The van der Waals surface area contributed by atoms with Gasteiger partial charge in [-0.1, -0.05) is 12.8 Å². The second kappa shape index (κ2) is 7.57. The lowest BCUT2D eigenvalue weighted by Gasteiger charge is -2.41. The summed E-state index contributed by atoms with van der Waals surface area (Å²) in [6.07, 6.45) is 7.67. The number of hydrogen-bond acceptors (Lipinski definition) is 5. The van der Waals surface area contributed by atoms with E-state index in [0.717, 1.165) is 50.9 Å². The smallest absolute Gasteiger partial charge is 0.254 e. The van der Waals surface area contributed by atoms with Crippen LogP contribution in [-0.2, 0) is 0 Å². The van der Waals surface area contributed by atoms with Crippen LogP contribution >= 0.6 is 0 Å². The average molecular weight is 332 g/mol. The fourth-order valence-corrected chi connectivity index (χ4v) is 3.96. The summed E-state index contributed by atoms with van der Waals surface area (Å²) < 4.78 is 0. The highest BCUT2D eigenvalue weighted by atomic mass is 16.3. The highest BCUT2D eigenvalue weighted by molar-refractivity contribution is 5.95. The third kappa shape index (κ3) is 3.92. The van der Waals surface area contributed by atoms with E-state index in [9.17, 15) is 9.90 Å². The molecule has 2 atom stereocenters. The van der Waals surface area contributed by atoms with Crippen molar-refractivity contribution in [2.45, 2.75) is 70.6 Å². The van der Waals surface area contributed by atoms with E-state index in [1.165, 1.54) is 6.42 Å². The number of rotatable bonds is 3. The molecule has 132 valence electrons. The minimum Gasteiger partial charge on any atom is -0.391 e.